The van der Waals surface area contributed by atoms with Gasteiger partial charge in [0.25, 0.3) is 0 Å². The molecule has 2 nitrogen and oxygen atoms in total. The zero-order valence-electron chi connectivity index (χ0n) is 6.02. The van der Waals surface area contributed by atoms with Crippen LogP contribution in [0.15, 0.2) is 12.2 Å². The molecule has 0 saturated heterocycles. The van der Waals surface area contributed by atoms with E-state index in [2.05, 4.69) is 5.32 Å². The average Bonchev–Trinajstić information content (AvgIpc) is 1.97. The van der Waals surface area contributed by atoms with E-state index in [0.717, 1.165) is 19.5 Å². The topological polar surface area (TPSA) is 32.3 Å². The van der Waals surface area contributed by atoms with Crippen molar-refractivity contribution in [1.82, 2.24) is 5.32 Å². The molecule has 10 heavy (non-hydrogen) atoms. The van der Waals surface area contributed by atoms with Gasteiger partial charge in [0.1, 0.15) is 0 Å². The molecular formula is C7H14ClNO. The summed E-state index contributed by atoms with van der Waals surface area (Å²) in [6.07, 6.45) is 4.69. The number of nitrogens with one attached hydrogen (secondary N) is 1. The minimum Gasteiger partial charge on any atom is -0.396 e. The second kappa shape index (κ2) is 8.95. The monoisotopic (exact) mass is 163 g/mol. The number of hydrogen-bond acceptors (Lipinski definition) is 2. The van der Waals surface area contributed by atoms with Crippen molar-refractivity contribution < 1.29 is 5.11 Å². The molecule has 0 unspecified atom stereocenters. The van der Waals surface area contributed by atoms with Crippen LogP contribution in [0.1, 0.15) is 6.42 Å². The Bertz CT molecular complexity index is 85.7. The number of aliphatic hydroxyl groups is 1. The molecule has 0 saturated carbocycles. The number of allylic oxidation sites excluding steroid dienone is 1. The number of hydrogen-bond donors (Lipinski definition) is 2. The van der Waals surface area contributed by atoms with Gasteiger partial charge in [-0.1, -0.05) is 12.2 Å². The zero-order valence-corrected chi connectivity index (χ0v) is 6.77. The van der Waals surface area contributed by atoms with E-state index in [1.807, 2.05) is 12.2 Å². The summed E-state index contributed by atoms with van der Waals surface area (Å²) in [4.78, 5) is 0. The Hall–Kier alpha value is -0.0500. The van der Waals surface area contributed by atoms with Crippen LogP contribution < -0.4 is 5.32 Å². The molecule has 0 heterocycles. The summed E-state index contributed by atoms with van der Waals surface area (Å²) < 4.78 is 0. The van der Waals surface area contributed by atoms with E-state index in [1.165, 1.54) is 0 Å². The van der Waals surface area contributed by atoms with Gasteiger partial charge in [0.05, 0.1) is 0 Å². The highest BCUT2D eigenvalue weighted by atomic mass is 35.5. The van der Waals surface area contributed by atoms with Gasteiger partial charge in [-0.05, 0) is 13.0 Å². The lowest BCUT2D eigenvalue weighted by atomic mass is 10.4. The molecule has 0 amide bonds. The molecule has 3 heteroatoms. The van der Waals surface area contributed by atoms with Gasteiger partial charge in [-0.25, -0.2) is 0 Å². The Kier molecular flexibility index (Phi) is 8.91. The van der Waals surface area contributed by atoms with E-state index in [-0.39, 0.29) is 6.61 Å². The molecule has 0 rings (SSSR count). The second-order valence-corrected chi connectivity index (χ2v) is 2.22. The van der Waals surface area contributed by atoms with Crippen molar-refractivity contribution in [2.45, 2.75) is 6.42 Å². The fraction of sp³-hybridized carbons (Fsp3) is 0.714. The molecule has 0 aromatic carbocycles. The molecule has 0 fully saturated rings. The van der Waals surface area contributed by atoms with Crippen molar-refractivity contribution >= 4 is 11.6 Å². The van der Waals surface area contributed by atoms with E-state index >= 15 is 0 Å². The Morgan fingerprint density at radius 3 is 2.80 bits per heavy atom. The number of rotatable bonds is 6. The third-order valence-corrected chi connectivity index (χ3v) is 1.21. The Morgan fingerprint density at radius 1 is 1.40 bits per heavy atom. The zero-order chi connectivity index (χ0) is 7.66. The van der Waals surface area contributed by atoms with E-state index in [9.17, 15) is 0 Å². The van der Waals surface area contributed by atoms with Crippen LogP contribution in [0.5, 0.6) is 0 Å². The highest BCUT2D eigenvalue weighted by Gasteiger charge is 1.80. The lowest BCUT2D eigenvalue weighted by Crippen LogP contribution is -2.15. The van der Waals surface area contributed by atoms with Crippen molar-refractivity contribution in [2.75, 3.05) is 25.6 Å². The molecule has 0 aromatic rings. The highest BCUT2D eigenvalue weighted by molar-refractivity contribution is 6.18. The molecular weight excluding hydrogens is 150 g/mol. The quantitative estimate of drug-likeness (QED) is 0.344. The van der Waals surface area contributed by atoms with Crippen LogP contribution in [0.3, 0.4) is 0 Å². The summed E-state index contributed by atoms with van der Waals surface area (Å²) in [5, 5.41) is 11.5. The second-order valence-electron chi connectivity index (χ2n) is 1.91. The van der Waals surface area contributed by atoms with Crippen LogP contribution in [-0.2, 0) is 0 Å². The van der Waals surface area contributed by atoms with Crippen molar-refractivity contribution in [3.05, 3.63) is 12.2 Å². The Balaban J connectivity index is 2.83. The summed E-state index contributed by atoms with van der Waals surface area (Å²) in [7, 11) is 0. The van der Waals surface area contributed by atoms with E-state index < -0.39 is 0 Å². The van der Waals surface area contributed by atoms with Crippen LogP contribution in [-0.4, -0.2) is 30.7 Å². The number of alkyl halides is 1. The molecule has 0 aliphatic heterocycles. The van der Waals surface area contributed by atoms with Crippen LogP contribution in [0.25, 0.3) is 0 Å². The lowest BCUT2D eigenvalue weighted by molar-refractivity contribution is 0.287. The standard InChI is InChI=1S/C7H14ClNO/c8-4-1-2-5-9-6-3-7-10/h1-2,9-10H,3-7H2/b2-1+. The molecule has 0 aromatic heterocycles. The Labute approximate surface area is 66.9 Å². The molecule has 0 bridgehead atoms. The smallest absolute Gasteiger partial charge is 0.0443 e. The lowest BCUT2D eigenvalue weighted by Gasteiger charge is -1.96. The molecule has 0 aliphatic carbocycles. The molecule has 0 atom stereocenters. The number of aliphatic hydroxyl groups excluding tert-OH is 1. The molecule has 60 valence electrons. The first-order chi connectivity index (χ1) is 4.91. The van der Waals surface area contributed by atoms with Gasteiger partial charge in [0.15, 0.2) is 0 Å². The van der Waals surface area contributed by atoms with E-state index in [4.69, 9.17) is 16.7 Å². The van der Waals surface area contributed by atoms with Crippen molar-refractivity contribution in [2.24, 2.45) is 0 Å². The van der Waals surface area contributed by atoms with Gasteiger partial charge >= 0.3 is 0 Å². The third kappa shape index (κ3) is 7.95. The molecule has 0 radical (unpaired) electrons. The van der Waals surface area contributed by atoms with Crippen LogP contribution in [0.2, 0.25) is 0 Å². The highest BCUT2D eigenvalue weighted by Crippen LogP contribution is 1.77. The van der Waals surface area contributed by atoms with Gasteiger partial charge in [-0.2, -0.15) is 0 Å². The van der Waals surface area contributed by atoms with Crippen LogP contribution in [0.4, 0.5) is 0 Å². The first-order valence-corrected chi connectivity index (χ1v) is 3.97. The molecule has 2 N–H and O–H groups in total. The predicted molar refractivity (Wildman–Crippen MR) is 44.4 cm³/mol. The normalized spacial score (nSPS) is 11.0. The number of halogens is 1. The summed E-state index contributed by atoms with van der Waals surface area (Å²) in [5.74, 6) is 0.571. The summed E-state index contributed by atoms with van der Waals surface area (Å²) in [6.45, 7) is 1.96. The van der Waals surface area contributed by atoms with E-state index in [1.54, 1.807) is 0 Å². The fourth-order valence-electron chi connectivity index (χ4n) is 0.536. The first kappa shape index (κ1) is 9.95. The minimum absolute atomic E-state index is 0.256. The predicted octanol–water partition coefficient (Wildman–Crippen LogP) is 0.753. The molecule has 0 spiro atoms. The fourth-order valence-corrected chi connectivity index (χ4v) is 0.662. The van der Waals surface area contributed by atoms with Crippen LogP contribution >= 0.6 is 11.6 Å². The minimum atomic E-state index is 0.256. The summed E-state index contributed by atoms with van der Waals surface area (Å²) in [6, 6.07) is 0. The molecule has 0 aliphatic rings. The maximum atomic E-state index is 8.39. The van der Waals surface area contributed by atoms with E-state index in [0.29, 0.717) is 5.88 Å². The van der Waals surface area contributed by atoms with Crippen molar-refractivity contribution in [1.29, 1.82) is 0 Å². The van der Waals surface area contributed by atoms with Gasteiger partial charge in [-0.3, -0.25) is 0 Å². The summed E-state index contributed by atoms with van der Waals surface area (Å²) in [5.41, 5.74) is 0. The maximum absolute atomic E-state index is 8.39. The third-order valence-electron chi connectivity index (χ3n) is 1.03. The SMILES string of the molecule is OCCCNC/C=C/CCl. The van der Waals surface area contributed by atoms with Gasteiger partial charge in [0.2, 0.25) is 0 Å². The van der Waals surface area contributed by atoms with Crippen LogP contribution in [0, 0.1) is 0 Å². The maximum Gasteiger partial charge on any atom is 0.0443 e. The largest absolute Gasteiger partial charge is 0.396 e. The van der Waals surface area contributed by atoms with Crippen molar-refractivity contribution in [3.8, 4) is 0 Å². The van der Waals surface area contributed by atoms with Gasteiger partial charge in [0, 0.05) is 19.0 Å². The first-order valence-electron chi connectivity index (χ1n) is 3.44. The van der Waals surface area contributed by atoms with Gasteiger partial charge < -0.3 is 10.4 Å². The Morgan fingerprint density at radius 2 is 2.20 bits per heavy atom. The average molecular weight is 164 g/mol. The van der Waals surface area contributed by atoms with Gasteiger partial charge in [-0.15, -0.1) is 11.6 Å². The van der Waals surface area contributed by atoms with Crippen molar-refractivity contribution in [3.63, 3.8) is 0 Å². The summed E-state index contributed by atoms with van der Waals surface area (Å²) >= 11 is 5.39.